The molecule has 0 spiro atoms. The van der Waals surface area contributed by atoms with Gasteiger partial charge in [-0.3, -0.25) is 4.68 Å². The number of aliphatic carboxylic acids is 1. The maximum atomic E-state index is 10.9. The summed E-state index contributed by atoms with van der Waals surface area (Å²) in [5, 5.41) is 13.0. The monoisotopic (exact) mass is 195 g/mol. The Labute approximate surface area is 81.9 Å². The summed E-state index contributed by atoms with van der Waals surface area (Å²) in [7, 11) is 1.83. The van der Waals surface area contributed by atoms with Crippen LogP contribution in [0.5, 0.6) is 0 Å². The normalized spacial score (nSPS) is 21.5. The summed E-state index contributed by atoms with van der Waals surface area (Å²) >= 11 is 0. The second kappa shape index (κ2) is 3.32. The van der Waals surface area contributed by atoms with Gasteiger partial charge >= 0.3 is 5.97 Å². The molecule has 1 aliphatic rings. The third-order valence-corrected chi connectivity index (χ3v) is 2.56. The van der Waals surface area contributed by atoms with Gasteiger partial charge in [0.15, 0.2) is 0 Å². The lowest BCUT2D eigenvalue weighted by molar-refractivity contribution is -0.138. The summed E-state index contributed by atoms with van der Waals surface area (Å²) in [6.45, 7) is 0.808. The molecule has 0 aliphatic carbocycles. The molecule has 1 unspecified atom stereocenters. The molecule has 2 rings (SSSR count). The van der Waals surface area contributed by atoms with E-state index >= 15 is 0 Å². The van der Waals surface area contributed by atoms with Crippen LogP contribution in [0.1, 0.15) is 12.8 Å². The molecule has 1 N–H and O–H groups in total. The number of hydrogen-bond donors (Lipinski definition) is 1. The van der Waals surface area contributed by atoms with E-state index in [4.69, 9.17) is 5.11 Å². The zero-order valence-corrected chi connectivity index (χ0v) is 8.05. The Morgan fingerprint density at radius 3 is 3.07 bits per heavy atom. The Morgan fingerprint density at radius 1 is 1.71 bits per heavy atom. The summed E-state index contributed by atoms with van der Waals surface area (Å²) in [5.41, 5.74) is 0.900. The molecule has 0 saturated carbocycles. The van der Waals surface area contributed by atoms with Gasteiger partial charge in [-0.1, -0.05) is 0 Å². The van der Waals surface area contributed by atoms with Gasteiger partial charge in [0.1, 0.15) is 6.04 Å². The quantitative estimate of drug-likeness (QED) is 0.745. The summed E-state index contributed by atoms with van der Waals surface area (Å²) in [6.07, 6.45) is 5.22. The van der Waals surface area contributed by atoms with Crippen LogP contribution in [-0.2, 0) is 11.8 Å². The predicted octanol–water partition coefficient (Wildman–Crippen LogP) is 0.473. The first-order valence-electron chi connectivity index (χ1n) is 4.66. The number of aryl methyl sites for hydroxylation is 1. The first-order chi connectivity index (χ1) is 6.68. The summed E-state index contributed by atoms with van der Waals surface area (Å²) in [5.74, 6) is -0.744. The van der Waals surface area contributed by atoms with Crippen molar-refractivity contribution in [2.45, 2.75) is 18.9 Å². The second-order valence-electron chi connectivity index (χ2n) is 3.56. The minimum Gasteiger partial charge on any atom is -0.480 e. The molecule has 5 heteroatoms. The van der Waals surface area contributed by atoms with Gasteiger partial charge in [-0.05, 0) is 12.8 Å². The van der Waals surface area contributed by atoms with Crippen LogP contribution in [0.2, 0.25) is 0 Å². The van der Waals surface area contributed by atoms with Crippen molar-refractivity contribution in [2.24, 2.45) is 7.05 Å². The zero-order chi connectivity index (χ0) is 10.1. The van der Waals surface area contributed by atoms with E-state index in [2.05, 4.69) is 5.10 Å². The highest BCUT2D eigenvalue weighted by molar-refractivity contribution is 5.78. The number of carboxylic acids is 1. The van der Waals surface area contributed by atoms with Crippen molar-refractivity contribution >= 4 is 11.7 Å². The van der Waals surface area contributed by atoms with Crippen LogP contribution >= 0.6 is 0 Å². The lowest BCUT2D eigenvalue weighted by Crippen LogP contribution is -2.35. The number of carboxylic acid groups (broad SMARTS) is 1. The van der Waals surface area contributed by atoms with Gasteiger partial charge in [-0.25, -0.2) is 4.79 Å². The first kappa shape index (κ1) is 9.05. The largest absolute Gasteiger partial charge is 0.480 e. The van der Waals surface area contributed by atoms with Crippen molar-refractivity contribution in [2.75, 3.05) is 11.4 Å². The highest BCUT2D eigenvalue weighted by atomic mass is 16.4. The fourth-order valence-electron chi connectivity index (χ4n) is 1.89. The number of rotatable bonds is 2. The minimum atomic E-state index is -0.744. The topological polar surface area (TPSA) is 58.4 Å². The molecule has 2 heterocycles. The van der Waals surface area contributed by atoms with Crippen LogP contribution in [-0.4, -0.2) is 33.4 Å². The van der Waals surface area contributed by atoms with E-state index < -0.39 is 5.97 Å². The molecule has 0 radical (unpaired) electrons. The van der Waals surface area contributed by atoms with E-state index in [1.807, 2.05) is 18.1 Å². The molecule has 1 atom stereocenters. The molecule has 1 aliphatic heterocycles. The molecular weight excluding hydrogens is 182 g/mol. The summed E-state index contributed by atoms with van der Waals surface area (Å²) in [6, 6.07) is -0.376. The van der Waals surface area contributed by atoms with Gasteiger partial charge in [0.05, 0.1) is 11.9 Å². The maximum absolute atomic E-state index is 10.9. The predicted molar refractivity (Wildman–Crippen MR) is 51.2 cm³/mol. The zero-order valence-electron chi connectivity index (χ0n) is 8.05. The van der Waals surface area contributed by atoms with Gasteiger partial charge in [-0.15, -0.1) is 0 Å². The first-order valence-corrected chi connectivity index (χ1v) is 4.66. The number of carbonyl (C=O) groups is 1. The van der Waals surface area contributed by atoms with Crippen molar-refractivity contribution in [3.63, 3.8) is 0 Å². The lowest BCUT2D eigenvalue weighted by atomic mass is 10.2. The van der Waals surface area contributed by atoms with E-state index in [0.717, 1.165) is 25.1 Å². The lowest BCUT2D eigenvalue weighted by Gasteiger charge is -2.21. The van der Waals surface area contributed by atoms with Gasteiger partial charge < -0.3 is 10.0 Å². The maximum Gasteiger partial charge on any atom is 0.326 e. The second-order valence-corrected chi connectivity index (χ2v) is 3.56. The highest BCUT2D eigenvalue weighted by Crippen LogP contribution is 2.24. The van der Waals surface area contributed by atoms with Crippen molar-refractivity contribution in [1.82, 2.24) is 9.78 Å². The molecule has 1 saturated heterocycles. The number of hydrogen-bond acceptors (Lipinski definition) is 3. The van der Waals surface area contributed by atoms with Crippen molar-refractivity contribution in [1.29, 1.82) is 0 Å². The minimum absolute atomic E-state index is 0.376. The SMILES string of the molecule is Cn1cc(N2CCCC2C(=O)O)cn1. The average molecular weight is 195 g/mol. The molecule has 0 bridgehead atoms. The van der Waals surface area contributed by atoms with Crippen LogP contribution in [0.25, 0.3) is 0 Å². The summed E-state index contributed by atoms with van der Waals surface area (Å²) in [4.78, 5) is 12.8. The highest BCUT2D eigenvalue weighted by Gasteiger charge is 2.31. The van der Waals surface area contributed by atoms with E-state index in [1.54, 1.807) is 10.9 Å². The Morgan fingerprint density at radius 2 is 2.50 bits per heavy atom. The number of aromatic nitrogens is 2. The third kappa shape index (κ3) is 1.45. The van der Waals surface area contributed by atoms with E-state index in [1.165, 1.54) is 0 Å². The van der Waals surface area contributed by atoms with E-state index in [0.29, 0.717) is 0 Å². The van der Waals surface area contributed by atoms with E-state index in [9.17, 15) is 4.79 Å². The van der Waals surface area contributed by atoms with Gasteiger partial charge in [0.25, 0.3) is 0 Å². The molecule has 14 heavy (non-hydrogen) atoms. The Bertz CT molecular complexity index is 348. The number of nitrogens with zero attached hydrogens (tertiary/aromatic N) is 3. The molecular formula is C9H13N3O2. The smallest absolute Gasteiger partial charge is 0.326 e. The van der Waals surface area contributed by atoms with Gasteiger partial charge in [0, 0.05) is 19.8 Å². The molecule has 1 aromatic rings. The molecule has 1 fully saturated rings. The molecule has 1 aromatic heterocycles. The van der Waals surface area contributed by atoms with Crippen LogP contribution in [0.15, 0.2) is 12.4 Å². The molecule has 0 amide bonds. The Kier molecular flexibility index (Phi) is 2.15. The van der Waals surface area contributed by atoms with Gasteiger partial charge in [0.2, 0.25) is 0 Å². The van der Waals surface area contributed by atoms with Crippen molar-refractivity contribution < 1.29 is 9.90 Å². The fraction of sp³-hybridized carbons (Fsp3) is 0.556. The fourth-order valence-corrected chi connectivity index (χ4v) is 1.89. The number of anilines is 1. The average Bonchev–Trinajstić information content (AvgIpc) is 2.70. The van der Waals surface area contributed by atoms with E-state index in [-0.39, 0.29) is 6.04 Å². The van der Waals surface area contributed by atoms with Gasteiger partial charge in [-0.2, -0.15) is 5.10 Å². The van der Waals surface area contributed by atoms with Crippen molar-refractivity contribution in [3.05, 3.63) is 12.4 Å². The van der Waals surface area contributed by atoms with Crippen LogP contribution in [0.3, 0.4) is 0 Å². The third-order valence-electron chi connectivity index (χ3n) is 2.56. The van der Waals surface area contributed by atoms with Crippen molar-refractivity contribution in [3.8, 4) is 0 Å². The standard InChI is InChI=1S/C9H13N3O2/c1-11-6-7(5-10-11)12-4-2-3-8(12)9(13)14/h5-6,8H,2-4H2,1H3,(H,13,14). The van der Waals surface area contributed by atoms with Crippen LogP contribution in [0, 0.1) is 0 Å². The Hall–Kier alpha value is -1.52. The van der Waals surface area contributed by atoms with Crippen LogP contribution < -0.4 is 4.90 Å². The molecule has 0 aromatic carbocycles. The molecule has 5 nitrogen and oxygen atoms in total. The van der Waals surface area contributed by atoms with Crippen LogP contribution in [0.4, 0.5) is 5.69 Å². The summed E-state index contributed by atoms with van der Waals surface area (Å²) < 4.78 is 1.69. The Balaban J connectivity index is 2.21. The molecule has 76 valence electrons.